The van der Waals surface area contributed by atoms with Crippen molar-refractivity contribution >= 4 is 28.9 Å². The van der Waals surface area contributed by atoms with Crippen LogP contribution < -0.4 is 0 Å². The Kier molecular flexibility index (Phi) is 4.11. The zero-order chi connectivity index (χ0) is 15.8. The van der Waals surface area contributed by atoms with E-state index in [1.165, 1.54) is 18.2 Å². The minimum absolute atomic E-state index is 0.0661. The maximum atomic E-state index is 12.6. The molecule has 0 radical (unpaired) electrons. The highest BCUT2D eigenvalue weighted by atomic mass is 35.5. The largest absolute Gasteiger partial charge is 0.416 e. The van der Waals surface area contributed by atoms with Crippen LogP contribution in [-0.2, 0) is 6.18 Å². The van der Waals surface area contributed by atoms with Crippen LogP contribution in [0.2, 0.25) is 10.0 Å². The molecule has 0 bridgehead atoms. The van der Waals surface area contributed by atoms with E-state index in [2.05, 4.69) is 0 Å². The van der Waals surface area contributed by atoms with Crippen molar-refractivity contribution in [3.8, 4) is 11.1 Å². The quantitative estimate of drug-likeness (QED) is 0.530. The second-order valence-electron chi connectivity index (χ2n) is 4.08. The fourth-order valence-electron chi connectivity index (χ4n) is 1.83. The summed E-state index contributed by atoms with van der Waals surface area (Å²) in [7, 11) is 0. The van der Waals surface area contributed by atoms with Gasteiger partial charge >= 0.3 is 6.18 Å². The van der Waals surface area contributed by atoms with Crippen LogP contribution >= 0.6 is 23.2 Å². The summed E-state index contributed by atoms with van der Waals surface area (Å²) in [4.78, 5) is 10.2. The van der Waals surface area contributed by atoms with E-state index in [0.717, 1.165) is 12.1 Å². The molecule has 0 amide bonds. The number of halogens is 5. The predicted octanol–water partition coefficient (Wildman–Crippen LogP) is 5.59. The van der Waals surface area contributed by atoms with Gasteiger partial charge in [0.1, 0.15) is 0 Å². The topological polar surface area (TPSA) is 43.1 Å². The number of benzene rings is 2. The Morgan fingerprint density at radius 2 is 1.62 bits per heavy atom. The molecule has 2 aromatic rings. The molecule has 2 aromatic carbocycles. The second kappa shape index (κ2) is 5.54. The Hall–Kier alpha value is -1.79. The molecule has 2 rings (SSSR count). The van der Waals surface area contributed by atoms with E-state index in [-0.39, 0.29) is 21.2 Å². The van der Waals surface area contributed by atoms with Crippen molar-refractivity contribution in [2.24, 2.45) is 0 Å². The third-order valence-electron chi connectivity index (χ3n) is 2.75. The van der Waals surface area contributed by atoms with Gasteiger partial charge in [-0.2, -0.15) is 13.2 Å². The smallest absolute Gasteiger partial charge is 0.258 e. The van der Waals surface area contributed by atoms with Gasteiger partial charge in [-0.05, 0) is 24.3 Å². The van der Waals surface area contributed by atoms with Crippen LogP contribution in [-0.4, -0.2) is 4.92 Å². The van der Waals surface area contributed by atoms with Gasteiger partial charge in [0.05, 0.1) is 26.1 Å². The number of alkyl halides is 3. The average molecular weight is 336 g/mol. The minimum Gasteiger partial charge on any atom is -0.258 e. The van der Waals surface area contributed by atoms with E-state index in [0.29, 0.717) is 6.07 Å². The van der Waals surface area contributed by atoms with Crippen molar-refractivity contribution < 1.29 is 18.1 Å². The lowest BCUT2D eigenvalue weighted by atomic mass is 10.0. The monoisotopic (exact) mass is 335 g/mol. The fourth-order valence-corrected chi connectivity index (χ4v) is 2.43. The Labute approximate surface area is 127 Å². The van der Waals surface area contributed by atoms with Crippen LogP contribution in [0.5, 0.6) is 0 Å². The van der Waals surface area contributed by atoms with Crippen LogP contribution in [0.4, 0.5) is 18.9 Å². The first-order valence-corrected chi connectivity index (χ1v) is 6.27. The molecule has 0 saturated heterocycles. The number of nitrogens with zero attached hydrogens (tertiary/aromatic N) is 1. The zero-order valence-electron chi connectivity index (χ0n) is 10.1. The summed E-state index contributed by atoms with van der Waals surface area (Å²) in [5.41, 5.74) is -1.76. The molecule has 0 aliphatic carbocycles. The van der Waals surface area contributed by atoms with Gasteiger partial charge in [-0.1, -0.05) is 29.3 Å². The molecule has 21 heavy (non-hydrogen) atoms. The normalized spacial score (nSPS) is 11.5. The predicted molar refractivity (Wildman–Crippen MR) is 73.6 cm³/mol. The lowest BCUT2D eigenvalue weighted by Gasteiger charge is -2.11. The summed E-state index contributed by atoms with van der Waals surface area (Å²) in [6.07, 6.45) is -4.67. The molecular weight excluding hydrogens is 330 g/mol. The molecule has 0 unspecified atom stereocenters. The van der Waals surface area contributed by atoms with Crippen LogP contribution in [0.1, 0.15) is 5.56 Å². The highest BCUT2D eigenvalue weighted by Crippen LogP contribution is 2.42. The summed E-state index contributed by atoms with van der Waals surface area (Å²) in [6, 6.07) is 6.64. The number of hydrogen-bond donors (Lipinski definition) is 0. The first kappa shape index (κ1) is 15.6. The molecule has 0 atom stereocenters. The summed E-state index contributed by atoms with van der Waals surface area (Å²) < 4.78 is 37.9. The van der Waals surface area contributed by atoms with E-state index in [9.17, 15) is 23.3 Å². The van der Waals surface area contributed by atoms with Gasteiger partial charge in [0.2, 0.25) is 0 Å². The van der Waals surface area contributed by atoms with E-state index in [4.69, 9.17) is 23.2 Å². The van der Waals surface area contributed by atoms with Gasteiger partial charge in [-0.25, -0.2) is 0 Å². The van der Waals surface area contributed by atoms with Gasteiger partial charge in [-0.3, -0.25) is 10.1 Å². The zero-order valence-corrected chi connectivity index (χ0v) is 11.6. The number of rotatable bonds is 2. The Bertz CT molecular complexity index is 697. The van der Waals surface area contributed by atoms with Crippen LogP contribution in [0.25, 0.3) is 11.1 Å². The van der Waals surface area contributed by atoms with E-state index >= 15 is 0 Å². The summed E-state index contributed by atoms with van der Waals surface area (Å²) in [5, 5.41) is 11.3. The Morgan fingerprint density at radius 1 is 1.05 bits per heavy atom. The highest BCUT2D eigenvalue weighted by Gasteiger charge is 2.33. The standard InChI is InChI=1S/C13H6Cl2F3NO2/c14-9-2-1-3-10(15)12(9)8-5-4-7(13(16,17)18)6-11(8)19(20)21/h1-6H. The summed E-state index contributed by atoms with van der Waals surface area (Å²) in [5.74, 6) is 0. The highest BCUT2D eigenvalue weighted by molar-refractivity contribution is 6.39. The maximum absolute atomic E-state index is 12.6. The number of nitro groups is 1. The third-order valence-corrected chi connectivity index (χ3v) is 3.38. The van der Waals surface area contributed by atoms with Crippen LogP contribution in [0.15, 0.2) is 36.4 Å². The molecule has 110 valence electrons. The van der Waals surface area contributed by atoms with Crippen molar-refractivity contribution in [1.82, 2.24) is 0 Å². The molecule has 0 N–H and O–H groups in total. The minimum atomic E-state index is -4.67. The van der Waals surface area contributed by atoms with Crippen molar-refractivity contribution in [1.29, 1.82) is 0 Å². The van der Waals surface area contributed by atoms with Crippen molar-refractivity contribution in [2.75, 3.05) is 0 Å². The summed E-state index contributed by atoms with van der Waals surface area (Å²) >= 11 is 11.9. The Morgan fingerprint density at radius 3 is 2.10 bits per heavy atom. The molecule has 8 heteroatoms. The van der Waals surface area contributed by atoms with Gasteiger partial charge in [-0.15, -0.1) is 0 Å². The summed E-state index contributed by atoms with van der Waals surface area (Å²) in [6.45, 7) is 0. The first-order valence-electron chi connectivity index (χ1n) is 5.52. The van der Waals surface area contributed by atoms with E-state index in [1.807, 2.05) is 0 Å². The SMILES string of the molecule is O=[N+]([O-])c1cc(C(F)(F)F)ccc1-c1c(Cl)cccc1Cl. The van der Waals surface area contributed by atoms with E-state index in [1.54, 1.807) is 0 Å². The molecule has 0 heterocycles. The van der Waals surface area contributed by atoms with E-state index < -0.39 is 22.4 Å². The van der Waals surface area contributed by atoms with Gasteiger partial charge in [0.25, 0.3) is 5.69 Å². The number of nitro benzene ring substituents is 1. The van der Waals surface area contributed by atoms with Crippen molar-refractivity contribution in [3.63, 3.8) is 0 Å². The maximum Gasteiger partial charge on any atom is 0.416 e. The van der Waals surface area contributed by atoms with Gasteiger partial charge in [0.15, 0.2) is 0 Å². The van der Waals surface area contributed by atoms with Crippen molar-refractivity contribution in [3.05, 3.63) is 62.1 Å². The molecule has 0 aliphatic rings. The Balaban J connectivity index is 2.73. The molecule has 0 spiro atoms. The van der Waals surface area contributed by atoms with Gasteiger partial charge in [0, 0.05) is 11.6 Å². The molecule has 0 aliphatic heterocycles. The molecule has 0 fully saturated rings. The van der Waals surface area contributed by atoms with Crippen LogP contribution in [0.3, 0.4) is 0 Å². The number of hydrogen-bond acceptors (Lipinski definition) is 2. The third kappa shape index (κ3) is 3.11. The molecule has 0 saturated carbocycles. The van der Waals surface area contributed by atoms with Crippen molar-refractivity contribution in [2.45, 2.75) is 6.18 Å². The molecular formula is C13H6Cl2F3NO2. The molecule has 0 aromatic heterocycles. The second-order valence-corrected chi connectivity index (χ2v) is 4.90. The lowest BCUT2D eigenvalue weighted by Crippen LogP contribution is -2.06. The lowest BCUT2D eigenvalue weighted by molar-refractivity contribution is -0.384. The van der Waals surface area contributed by atoms with Crippen LogP contribution in [0, 0.1) is 10.1 Å². The first-order chi connectivity index (χ1) is 9.71. The fraction of sp³-hybridized carbons (Fsp3) is 0.0769. The van der Waals surface area contributed by atoms with Gasteiger partial charge < -0.3 is 0 Å². The molecule has 3 nitrogen and oxygen atoms in total. The average Bonchev–Trinajstić information content (AvgIpc) is 2.37.